The van der Waals surface area contributed by atoms with Crippen molar-refractivity contribution in [2.24, 2.45) is 0 Å². The predicted molar refractivity (Wildman–Crippen MR) is 99.5 cm³/mol. The third-order valence-electron chi connectivity index (χ3n) is 3.85. The van der Waals surface area contributed by atoms with E-state index in [4.69, 9.17) is 4.74 Å². The largest absolute Gasteiger partial charge is 0.444 e. The maximum atomic E-state index is 14.0. The molecule has 1 atom stereocenters. The number of hydrogen-bond donors (Lipinski definition) is 1. The van der Waals surface area contributed by atoms with Crippen LogP contribution in [-0.4, -0.2) is 21.5 Å². The topological polar surface area (TPSA) is 56.1 Å². The van der Waals surface area contributed by atoms with Crippen molar-refractivity contribution in [2.45, 2.75) is 38.8 Å². The van der Waals surface area contributed by atoms with Gasteiger partial charge in [-0.1, -0.05) is 6.08 Å². The smallest absolute Gasteiger partial charge is 0.412 e. The van der Waals surface area contributed by atoms with Crippen LogP contribution in [0.25, 0.3) is 11.1 Å². The van der Waals surface area contributed by atoms with Crippen LogP contribution in [0.3, 0.4) is 0 Å². The SMILES string of the molecule is CC(C)(C)OC(=O)Nc1cc(F)cc(-c2cnn(C3C=CC(F)=CC3)c2)c1. The first-order valence-corrected chi connectivity index (χ1v) is 8.58. The van der Waals surface area contributed by atoms with Gasteiger partial charge >= 0.3 is 6.09 Å². The van der Waals surface area contributed by atoms with E-state index in [1.807, 2.05) is 0 Å². The standard InChI is InChI=1S/C20H21F2N3O2/c1-20(2,3)27-19(26)24-17-9-13(8-16(22)10-17)14-11-23-25(12-14)18-6-4-15(21)5-7-18/h4-6,8-12,18H,7H2,1-3H3,(H,24,26). The third kappa shape index (κ3) is 5.03. The van der Waals surface area contributed by atoms with Crippen molar-refractivity contribution in [1.82, 2.24) is 9.78 Å². The molecule has 1 heterocycles. The Morgan fingerprint density at radius 3 is 2.70 bits per heavy atom. The summed E-state index contributed by atoms with van der Waals surface area (Å²) < 4.78 is 34.0. The number of allylic oxidation sites excluding steroid dienone is 4. The molecule has 1 aromatic carbocycles. The highest BCUT2D eigenvalue weighted by Crippen LogP contribution is 2.27. The van der Waals surface area contributed by atoms with Gasteiger partial charge < -0.3 is 4.74 Å². The molecule has 1 aliphatic rings. The summed E-state index contributed by atoms with van der Waals surface area (Å²) in [5.41, 5.74) is 0.886. The van der Waals surface area contributed by atoms with Gasteiger partial charge in [0.05, 0.1) is 12.2 Å². The molecule has 1 N–H and O–H groups in total. The minimum absolute atomic E-state index is 0.0915. The Kier molecular flexibility index (Phi) is 5.12. The monoisotopic (exact) mass is 373 g/mol. The Balaban J connectivity index is 1.78. The molecule has 0 fully saturated rings. The molecular formula is C20H21F2N3O2. The van der Waals surface area contributed by atoms with E-state index < -0.39 is 17.5 Å². The predicted octanol–water partition coefficient (Wildman–Crippen LogP) is 5.39. The molecule has 0 saturated carbocycles. The van der Waals surface area contributed by atoms with Gasteiger partial charge in [-0.05, 0) is 63.1 Å². The van der Waals surface area contributed by atoms with Crippen molar-refractivity contribution < 1.29 is 18.3 Å². The van der Waals surface area contributed by atoms with Gasteiger partial charge in [-0.25, -0.2) is 13.6 Å². The second kappa shape index (κ2) is 7.34. The summed E-state index contributed by atoms with van der Waals surface area (Å²) in [6, 6.07) is 4.13. The number of rotatable bonds is 3. The molecule has 5 nitrogen and oxygen atoms in total. The lowest BCUT2D eigenvalue weighted by Crippen LogP contribution is -2.27. The highest BCUT2D eigenvalue weighted by atomic mass is 19.1. The summed E-state index contributed by atoms with van der Waals surface area (Å²) in [5.74, 6) is -0.754. The molecule has 1 unspecified atom stereocenters. The molecule has 1 aromatic heterocycles. The number of carbonyl (C=O) groups is 1. The van der Waals surface area contributed by atoms with Crippen LogP contribution in [0, 0.1) is 5.82 Å². The van der Waals surface area contributed by atoms with Gasteiger partial charge in [0.25, 0.3) is 0 Å². The average molecular weight is 373 g/mol. The molecule has 0 bridgehead atoms. The normalized spacial score (nSPS) is 16.8. The average Bonchev–Trinajstić information content (AvgIpc) is 3.03. The van der Waals surface area contributed by atoms with E-state index in [1.54, 1.807) is 50.0 Å². The van der Waals surface area contributed by atoms with Crippen LogP contribution < -0.4 is 5.32 Å². The summed E-state index contributed by atoms with van der Waals surface area (Å²) in [6.45, 7) is 5.25. The van der Waals surface area contributed by atoms with Crippen LogP contribution in [0.1, 0.15) is 33.2 Å². The number of anilines is 1. The molecule has 7 heteroatoms. The van der Waals surface area contributed by atoms with Gasteiger partial charge in [-0.15, -0.1) is 0 Å². The maximum Gasteiger partial charge on any atom is 0.412 e. The second-order valence-corrected chi connectivity index (χ2v) is 7.32. The first-order valence-electron chi connectivity index (χ1n) is 8.58. The summed E-state index contributed by atoms with van der Waals surface area (Å²) in [7, 11) is 0. The van der Waals surface area contributed by atoms with Crippen molar-refractivity contribution in [3.8, 4) is 11.1 Å². The van der Waals surface area contributed by atoms with Crippen molar-refractivity contribution in [1.29, 1.82) is 0 Å². The van der Waals surface area contributed by atoms with Gasteiger partial charge in [0.1, 0.15) is 17.2 Å². The Hall–Kier alpha value is -2.96. The zero-order valence-electron chi connectivity index (χ0n) is 15.4. The van der Waals surface area contributed by atoms with E-state index in [9.17, 15) is 13.6 Å². The fourth-order valence-electron chi connectivity index (χ4n) is 2.70. The Morgan fingerprint density at radius 1 is 1.26 bits per heavy atom. The minimum atomic E-state index is -0.657. The van der Waals surface area contributed by atoms with Gasteiger partial charge in [-0.2, -0.15) is 5.10 Å². The Labute approximate surface area is 156 Å². The molecular weight excluding hydrogens is 352 g/mol. The number of carbonyl (C=O) groups excluding carboxylic acids is 1. The molecule has 27 heavy (non-hydrogen) atoms. The lowest BCUT2D eigenvalue weighted by atomic mass is 10.1. The lowest BCUT2D eigenvalue weighted by Gasteiger charge is -2.19. The number of nitrogens with one attached hydrogen (secondary N) is 1. The summed E-state index contributed by atoms with van der Waals surface area (Å²) >= 11 is 0. The molecule has 0 aliphatic heterocycles. The highest BCUT2D eigenvalue weighted by molar-refractivity contribution is 5.86. The Morgan fingerprint density at radius 2 is 2.04 bits per heavy atom. The van der Waals surface area contributed by atoms with E-state index in [1.165, 1.54) is 24.3 Å². The fourth-order valence-corrected chi connectivity index (χ4v) is 2.70. The highest BCUT2D eigenvalue weighted by Gasteiger charge is 2.17. The number of aromatic nitrogens is 2. The van der Waals surface area contributed by atoms with Crippen LogP contribution in [0.5, 0.6) is 0 Å². The van der Waals surface area contributed by atoms with Gasteiger partial charge in [0, 0.05) is 17.4 Å². The van der Waals surface area contributed by atoms with Crippen molar-refractivity contribution in [2.75, 3.05) is 5.32 Å². The quantitative estimate of drug-likeness (QED) is 0.785. The maximum absolute atomic E-state index is 14.0. The molecule has 0 saturated heterocycles. The van der Waals surface area contributed by atoms with E-state index >= 15 is 0 Å². The van der Waals surface area contributed by atoms with Crippen molar-refractivity contribution in [3.05, 3.63) is 60.5 Å². The zero-order chi connectivity index (χ0) is 19.6. The zero-order valence-corrected chi connectivity index (χ0v) is 15.4. The van der Waals surface area contributed by atoms with Crippen LogP contribution in [0.4, 0.5) is 19.3 Å². The number of benzene rings is 1. The molecule has 2 aromatic rings. The Bertz CT molecular complexity index is 910. The lowest BCUT2D eigenvalue weighted by molar-refractivity contribution is 0.0636. The van der Waals surface area contributed by atoms with E-state index in [2.05, 4.69) is 10.4 Å². The minimum Gasteiger partial charge on any atom is -0.444 e. The molecule has 142 valence electrons. The van der Waals surface area contributed by atoms with Crippen LogP contribution in [-0.2, 0) is 4.74 Å². The number of nitrogens with zero attached hydrogens (tertiary/aromatic N) is 2. The fraction of sp³-hybridized carbons (Fsp3) is 0.300. The molecule has 0 spiro atoms. The summed E-state index contributed by atoms with van der Waals surface area (Å²) in [5, 5.41) is 6.82. The molecule has 1 amide bonds. The summed E-state index contributed by atoms with van der Waals surface area (Å²) in [4.78, 5) is 11.9. The second-order valence-electron chi connectivity index (χ2n) is 7.32. The summed E-state index contributed by atoms with van der Waals surface area (Å²) in [6.07, 6.45) is 7.84. The number of amides is 1. The van der Waals surface area contributed by atoms with Crippen molar-refractivity contribution in [3.63, 3.8) is 0 Å². The van der Waals surface area contributed by atoms with Crippen LogP contribution in [0.2, 0.25) is 0 Å². The van der Waals surface area contributed by atoms with Gasteiger partial charge in [0.2, 0.25) is 0 Å². The van der Waals surface area contributed by atoms with E-state index in [-0.39, 0.29) is 17.6 Å². The molecule has 3 rings (SSSR count). The first-order chi connectivity index (χ1) is 12.7. The molecule has 0 radical (unpaired) electrons. The van der Waals surface area contributed by atoms with Gasteiger partial charge in [0.15, 0.2) is 0 Å². The van der Waals surface area contributed by atoms with E-state index in [0.717, 1.165) is 0 Å². The van der Waals surface area contributed by atoms with E-state index in [0.29, 0.717) is 17.5 Å². The van der Waals surface area contributed by atoms with Crippen LogP contribution in [0.15, 0.2) is 54.6 Å². The number of ether oxygens (including phenoxy) is 1. The third-order valence-corrected chi connectivity index (χ3v) is 3.85. The first kappa shape index (κ1) is 18.8. The van der Waals surface area contributed by atoms with Gasteiger partial charge in [-0.3, -0.25) is 10.00 Å². The number of hydrogen-bond acceptors (Lipinski definition) is 3. The number of halogens is 2. The molecule has 1 aliphatic carbocycles. The van der Waals surface area contributed by atoms with Crippen molar-refractivity contribution >= 4 is 11.8 Å². The van der Waals surface area contributed by atoms with Crippen LogP contribution >= 0.6 is 0 Å².